The van der Waals surface area contributed by atoms with Crippen molar-refractivity contribution < 1.29 is 18.3 Å². The summed E-state index contributed by atoms with van der Waals surface area (Å²) >= 11 is 1.27. The number of amides is 1. The van der Waals surface area contributed by atoms with Gasteiger partial charge in [0.05, 0.1) is 16.6 Å². The summed E-state index contributed by atoms with van der Waals surface area (Å²) in [6, 6.07) is 6.14. The minimum Gasteiger partial charge on any atom is -0.435 e. The number of hydrogen-bond acceptors (Lipinski definition) is 4. The van der Waals surface area contributed by atoms with Crippen LogP contribution in [0.2, 0.25) is 0 Å². The normalized spacial score (nSPS) is 17.4. The molecule has 6 nitrogen and oxygen atoms in total. The number of ether oxygens (including phenoxy) is 1. The number of nitrogens with zero attached hydrogens (tertiary/aromatic N) is 1. The van der Waals surface area contributed by atoms with Crippen LogP contribution in [0.25, 0.3) is 0 Å². The maximum atomic E-state index is 12.5. The van der Waals surface area contributed by atoms with Crippen molar-refractivity contribution in [2.24, 2.45) is 0 Å². The second kappa shape index (κ2) is 6.91. The molecule has 25 heavy (non-hydrogen) atoms. The fraction of sp³-hybridized carbons (Fsp3) is 0.375. The van der Waals surface area contributed by atoms with E-state index in [9.17, 15) is 18.4 Å². The van der Waals surface area contributed by atoms with E-state index in [0.29, 0.717) is 16.9 Å². The van der Waals surface area contributed by atoms with Crippen molar-refractivity contribution in [1.29, 1.82) is 0 Å². The van der Waals surface area contributed by atoms with Crippen LogP contribution in [-0.2, 0) is 4.79 Å². The Balaban J connectivity index is 2.10. The Kier molecular flexibility index (Phi) is 4.85. The van der Waals surface area contributed by atoms with Crippen LogP contribution < -0.4 is 15.6 Å². The quantitative estimate of drug-likeness (QED) is 0.868. The van der Waals surface area contributed by atoms with Crippen molar-refractivity contribution in [1.82, 2.24) is 9.78 Å². The smallest absolute Gasteiger partial charge is 0.387 e. The highest BCUT2D eigenvalue weighted by Gasteiger charge is 2.31. The van der Waals surface area contributed by atoms with Crippen molar-refractivity contribution in [3.8, 4) is 5.75 Å². The minimum atomic E-state index is -2.93. The Morgan fingerprint density at radius 1 is 1.32 bits per heavy atom. The number of alkyl halides is 2. The van der Waals surface area contributed by atoms with Gasteiger partial charge in [-0.1, -0.05) is 12.1 Å². The lowest BCUT2D eigenvalue weighted by Crippen LogP contribution is -2.17. The third-order valence-corrected chi connectivity index (χ3v) is 5.04. The molecule has 1 aromatic heterocycles. The van der Waals surface area contributed by atoms with Crippen LogP contribution in [0.1, 0.15) is 36.3 Å². The van der Waals surface area contributed by atoms with E-state index >= 15 is 0 Å². The zero-order valence-electron chi connectivity index (χ0n) is 13.6. The molecule has 1 amide bonds. The molecule has 1 aromatic carbocycles. The fourth-order valence-corrected chi connectivity index (χ4v) is 3.86. The number of thioether (sulfide) groups is 1. The predicted octanol–water partition coefficient (Wildman–Crippen LogP) is 3.13. The number of halogens is 2. The summed E-state index contributed by atoms with van der Waals surface area (Å²) in [7, 11) is 0. The van der Waals surface area contributed by atoms with Gasteiger partial charge in [-0.05, 0) is 31.5 Å². The molecule has 2 heterocycles. The summed E-state index contributed by atoms with van der Waals surface area (Å²) in [5.74, 6) is 0.358. The monoisotopic (exact) mass is 369 g/mol. The number of hydrogen-bond donors (Lipinski definition) is 2. The second-order valence-electron chi connectivity index (χ2n) is 5.86. The molecular formula is C16H17F2N3O3S. The first-order valence-electron chi connectivity index (χ1n) is 7.67. The molecule has 0 saturated carbocycles. The van der Waals surface area contributed by atoms with E-state index in [1.807, 2.05) is 13.8 Å². The highest BCUT2D eigenvalue weighted by Crippen LogP contribution is 2.41. The standard InChI is InChI=1S/C16H17F2N3O3S/c1-8(2)21-14-12(15(23)20-21)13(25-7-11(22)19-14)9-4-3-5-10(6-9)24-16(17)18/h3-6,8,13,16H,7H2,1-2H3,(H,19,22)(H,20,23)/t13-/m0/s1. The van der Waals surface area contributed by atoms with Crippen LogP contribution in [0.3, 0.4) is 0 Å². The van der Waals surface area contributed by atoms with Gasteiger partial charge in [0.15, 0.2) is 0 Å². The number of aromatic amines is 1. The molecule has 0 spiro atoms. The van der Waals surface area contributed by atoms with Gasteiger partial charge in [-0.15, -0.1) is 11.8 Å². The topological polar surface area (TPSA) is 76.1 Å². The third kappa shape index (κ3) is 3.55. The SMILES string of the molecule is CC(C)n1[nH]c(=O)c2c1NC(=O)CS[C@H]2c1cccc(OC(F)F)c1. The van der Waals surface area contributed by atoms with E-state index in [0.717, 1.165) is 0 Å². The van der Waals surface area contributed by atoms with Crippen LogP contribution in [0.4, 0.5) is 14.6 Å². The summed E-state index contributed by atoms with van der Waals surface area (Å²) in [6.07, 6.45) is 0. The van der Waals surface area contributed by atoms with Crippen LogP contribution in [0.15, 0.2) is 29.1 Å². The minimum absolute atomic E-state index is 0.0119. The number of rotatable bonds is 4. The Labute approximate surface area is 146 Å². The maximum absolute atomic E-state index is 12.5. The number of fused-ring (bicyclic) bond motifs is 1. The Morgan fingerprint density at radius 3 is 2.76 bits per heavy atom. The first-order valence-corrected chi connectivity index (χ1v) is 8.72. The molecule has 3 rings (SSSR count). The largest absolute Gasteiger partial charge is 0.435 e. The average molecular weight is 369 g/mol. The molecule has 9 heteroatoms. The Hall–Kier alpha value is -2.29. The molecule has 0 saturated heterocycles. The van der Waals surface area contributed by atoms with Crippen molar-refractivity contribution in [2.75, 3.05) is 11.1 Å². The average Bonchev–Trinajstić information content (AvgIpc) is 2.74. The lowest BCUT2D eigenvalue weighted by atomic mass is 10.1. The van der Waals surface area contributed by atoms with Gasteiger partial charge < -0.3 is 10.1 Å². The van der Waals surface area contributed by atoms with Crippen LogP contribution >= 0.6 is 11.8 Å². The van der Waals surface area contributed by atoms with Crippen molar-refractivity contribution in [2.45, 2.75) is 31.8 Å². The number of nitrogens with one attached hydrogen (secondary N) is 2. The van der Waals surface area contributed by atoms with Crippen LogP contribution in [0, 0.1) is 0 Å². The molecule has 1 aliphatic rings. The predicted molar refractivity (Wildman–Crippen MR) is 91.4 cm³/mol. The molecule has 2 N–H and O–H groups in total. The van der Waals surface area contributed by atoms with Gasteiger partial charge in [-0.2, -0.15) is 8.78 Å². The first-order chi connectivity index (χ1) is 11.9. The van der Waals surface area contributed by atoms with Crippen molar-refractivity contribution >= 4 is 23.5 Å². The summed E-state index contributed by atoms with van der Waals surface area (Å²) in [5.41, 5.74) is 0.704. The summed E-state index contributed by atoms with van der Waals surface area (Å²) in [6.45, 7) is 0.834. The lowest BCUT2D eigenvalue weighted by molar-refractivity contribution is -0.113. The van der Waals surface area contributed by atoms with E-state index in [4.69, 9.17) is 0 Å². The highest BCUT2D eigenvalue weighted by molar-refractivity contribution is 8.00. The zero-order valence-corrected chi connectivity index (χ0v) is 14.4. The molecule has 1 atom stereocenters. The van der Waals surface area contributed by atoms with Gasteiger partial charge in [-0.3, -0.25) is 19.4 Å². The fourth-order valence-electron chi connectivity index (χ4n) is 2.75. The van der Waals surface area contributed by atoms with E-state index in [2.05, 4.69) is 15.2 Å². The zero-order chi connectivity index (χ0) is 18.1. The van der Waals surface area contributed by atoms with Gasteiger partial charge >= 0.3 is 6.61 Å². The van der Waals surface area contributed by atoms with Crippen LogP contribution in [0.5, 0.6) is 5.75 Å². The summed E-state index contributed by atoms with van der Waals surface area (Å²) in [4.78, 5) is 24.5. The van der Waals surface area contributed by atoms with E-state index < -0.39 is 11.9 Å². The number of anilines is 1. The van der Waals surface area contributed by atoms with Crippen molar-refractivity contribution in [3.05, 3.63) is 45.7 Å². The van der Waals surface area contributed by atoms with E-state index in [1.165, 1.54) is 23.9 Å². The molecule has 2 aromatic rings. The Bertz CT molecular complexity index is 847. The van der Waals surface area contributed by atoms with Gasteiger partial charge in [0.2, 0.25) is 5.91 Å². The molecular weight excluding hydrogens is 352 g/mol. The van der Waals surface area contributed by atoms with Crippen molar-refractivity contribution in [3.63, 3.8) is 0 Å². The molecule has 134 valence electrons. The summed E-state index contributed by atoms with van der Waals surface area (Å²) < 4.78 is 31.0. The van der Waals surface area contributed by atoms with Gasteiger partial charge in [-0.25, -0.2) is 0 Å². The number of carbonyl (C=O) groups is 1. The molecule has 0 unspecified atom stereocenters. The molecule has 1 aliphatic heterocycles. The van der Waals surface area contributed by atoms with Crippen LogP contribution in [-0.4, -0.2) is 28.1 Å². The number of aromatic nitrogens is 2. The van der Waals surface area contributed by atoms with E-state index in [1.54, 1.807) is 16.8 Å². The number of H-pyrrole nitrogens is 1. The molecule has 0 bridgehead atoms. The molecule has 0 fully saturated rings. The Morgan fingerprint density at radius 2 is 2.08 bits per heavy atom. The number of carbonyl (C=O) groups excluding carboxylic acids is 1. The molecule has 0 radical (unpaired) electrons. The lowest BCUT2D eigenvalue weighted by Gasteiger charge is -2.16. The first kappa shape index (κ1) is 17.5. The van der Waals surface area contributed by atoms with Gasteiger partial charge in [0, 0.05) is 6.04 Å². The highest BCUT2D eigenvalue weighted by atomic mass is 32.2. The summed E-state index contributed by atoms with van der Waals surface area (Å²) in [5, 5.41) is 5.02. The third-order valence-electron chi connectivity index (χ3n) is 3.77. The molecule has 0 aliphatic carbocycles. The van der Waals surface area contributed by atoms with Gasteiger partial charge in [0.1, 0.15) is 11.6 Å². The maximum Gasteiger partial charge on any atom is 0.387 e. The number of benzene rings is 1. The second-order valence-corrected chi connectivity index (χ2v) is 6.95. The van der Waals surface area contributed by atoms with E-state index in [-0.39, 0.29) is 29.0 Å². The van der Waals surface area contributed by atoms with Gasteiger partial charge in [0.25, 0.3) is 5.56 Å².